The number of carbonyl (C=O) groups is 3. The molecule has 4 aliphatic rings. The van der Waals surface area contributed by atoms with Crippen molar-refractivity contribution < 1.29 is 14.4 Å². The molecule has 3 fully saturated rings. The van der Waals surface area contributed by atoms with Gasteiger partial charge in [0.25, 0.3) is 0 Å². The summed E-state index contributed by atoms with van der Waals surface area (Å²) in [7, 11) is 0. The molecular weight excluding hydrogens is 532 g/mol. The second kappa shape index (κ2) is 8.35. The Balaban J connectivity index is 1.54. The number of amides is 3. The van der Waals surface area contributed by atoms with Crippen molar-refractivity contribution in [1.29, 1.82) is 0 Å². The number of benzene rings is 2. The SMILES string of the molecule is O=C1C2C(C3CCCCC3)NC3(C(=O)Nc4c(Cl)cc(Cl)cc43)C2C(=O)N1c1cc(Cl)cc(Cl)c1. The molecule has 35 heavy (non-hydrogen) atoms. The van der Waals surface area contributed by atoms with Crippen LogP contribution in [0.1, 0.15) is 37.7 Å². The summed E-state index contributed by atoms with van der Waals surface area (Å²) in [6.45, 7) is 0. The van der Waals surface area contributed by atoms with E-state index < -0.39 is 29.2 Å². The maximum absolute atomic E-state index is 14.1. The molecule has 2 aromatic carbocycles. The Morgan fingerprint density at radius 2 is 1.49 bits per heavy atom. The van der Waals surface area contributed by atoms with Crippen LogP contribution in [0, 0.1) is 17.8 Å². The molecule has 0 bridgehead atoms. The highest BCUT2D eigenvalue weighted by Gasteiger charge is 2.71. The summed E-state index contributed by atoms with van der Waals surface area (Å²) >= 11 is 25.2. The van der Waals surface area contributed by atoms with E-state index in [1.807, 2.05) is 0 Å². The number of hydrogen-bond acceptors (Lipinski definition) is 4. The van der Waals surface area contributed by atoms with Crippen molar-refractivity contribution in [2.75, 3.05) is 10.2 Å². The molecule has 10 heteroatoms. The van der Waals surface area contributed by atoms with Crippen LogP contribution in [0.4, 0.5) is 11.4 Å². The minimum atomic E-state index is -1.46. The molecule has 2 aromatic rings. The zero-order chi connectivity index (χ0) is 24.6. The van der Waals surface area contributed by atoms with Crippen molar-refractivity contribution in [2.45, 2.75) is 43.7 Å². The molecule has 1 aliphatic carbocycles. The molecule has 1 saturated carbocycles. The number of imide groups is 1. The average molecular weight is 553 g/mol. The largest absolute Gasteiger partial charge is 0.323 e. The van der Waals surface area contributed by atoms with Crippen molar-refractivity contribution >= 4 is 75.5 Å². The first kappa shape index (κ1) is 23.6. The van der Waals surface area contributed by atoms with Gasteiger partial charge < -0.3 is 5.32 Å². The molecule has 4 atom stereocenters. The predicted octanol–water partition coefficient (Wildman–Crippen LogP) is 5.81. The van der Waals surface area contributed by atoms with E-state index in [0.717, 1.165) is 37.0 Å². The Bertz CT molecular complexity index is 1270. The van der Waals surface area contributed by atoms with E-state index in [9.17, 15) is 14.4 Å². The van der Waals surface area contributed by atoms with Crippen LogP contribution in [-0.2, 0) is 19.9 Å². The zero-order valence-electron chi connectivity index (χ0n) is 18.4. The first-order chi connectivity index (χ1) is 16.7. The minimum absolute atomic E-state index is 0.154. The van der Waals surface area contributed by atoms with Crippen LogP contribution < -0.4 is 15.5 Å². The molecule has 2 N–H and O–H groups in total. The second-order valence-electron chi connectivity index (χ2n) is 9.78. The molecule has 0 radical (unpaired) electrons. The molecular formula is C25H21Cl4N3O3. The van der Waals surface area contributed by atoms with Crippen molar-refractivity contribution in [3.63, 3.8) is 0 Å². The van der Waals surface area contributed by atoms with Gasteiger partial charge in [-0.15, -0.1) is 0 Å². The fraction of sp³-hybridized carbons (Fsp3) is 0.400. The van der Waals surface area contributed by atoms with Gasteiger partial charge in [-0.05, 0) is 49.1 Å². The fourth-order valence-corrected chi connectivity index (χ4v) is 7.63. The Morgan fingerprint density at radius 1 is 0.829 bits per heavy atom. The predicted molar refractivity (Wildman–Crippen MR) is 136 cm³/mol. The van der Waals surface area contributed by atoms with E-state index in [0.29, 0.717) is 32.0 Å². The highest BCUT2D eigenvalue weighted by atomic mass is 35.5. The van der Waals surface area contributed by atoms with Crippen LogP contribution in [-0.4, -0.2) is 23.8 Å². The van der Waals surface area contributed by atoms with Gasteiger partial charge in [-0.25, -0.2) is 4.90 Å². The quantitative estimate of drug-likeness (QED) is 0.461. The Labute approximate surface area is 222 Å². The first-order valence-corrected chi connectivity index (χ1v) is 13.2. The number of nitrogens with one attached hydrogen (secondary N) is 2. The lowest BCUT2D eigenvalue weighted by molar-refractivity contribution is -0.130. The van der Waals surface area contributed by atoms with E-state index in [-0.39, 0.29) is 22.9 Å². The monoisotopic (exact) mass is 551 g/mol. The highest BCUT2D eigenvalue weighted by molar-refractivity contribution is 6.38. The van der Waals surface area contributed by atoms with Gasteiger partial charge in [0.05, 0.1) is 28.2 Å². The number of anilines is 2. The van der Waals surface area contributed by atoms with Gasteiger partial charge >= 0.3 is 0 Å². The van der Waals surface area contributed by atoms with Crippen molar-refractivity contribution in [2.24, 2.45) is 17.8 Å². The molecule has 182 valence electrons. The third kappa shape index (κ3) is 3.37. The fourth-order valence-electron chi connectivity index (χ4n) is 6.58. The maximum Gasteiger partial charge on any atom is 0.250 e. The van der Waals surface area contributed by atoms with Gasteiger partial charge in [-0.3, -0.25) is 19.7 Å². The molecule has 1 spiro atoms. The van der Waals surface area contributed by atoms with E-state index in [1.165, 1.54) is 18.2 Å². The molecule has 3 aliphatic heterocycles. The molecule has 6 nitrogen and oxygen atoms in total. The summed E-state index contributed by atoms with van der Waals surface area (Å²) in [5, 5.41) is 7.61. The molecule has 4 unspecified atom stereocenters. The van der Waals surface area contributed by atoms with Gasteiger partial charge in [0.2, 0.25) is 17.7 Å². The Kier molecular flexibility index (Phi) is 5.62. The number of carbonyl (C=O) groups excluding carboxylic acids is 3. The van der Waals surface area contributed by atoms with Crippen LogP contribution >= 0.6 is 46.4 Å². The van der Waals surface area contributed by atoms with E-state index in [2.05, 4.69) is 10.6 Å². The lowest BCUT2D eigenvalue weighted by atomic mass is 9.74. The first-order valence-electron chi connectivity index (χ1n) is 11.6. The molecule has 2 saturated heterocycles. The summed E-state index contributed by atoms with van der Waals surface area (Å²) in [6, 6.07) is 7.47. The van der Waals surface area contributed by atoms with Crippen molar-refractivity contribution in [1.82, 2.24) is 5.32 Å². The Morgan fingerprint density at radius 3 is 2.17 bits per heavy atom. The van der Waals surface area contributed by atoms with Gasteiger partial charge in [0.15, 0.2) is 0 Å². The standard InChI is InChI=1S/C25H21Cl4N3O3/c26-12-6-13(27)8-15(7-12)32-22(33)18-19(23(32)34)25(31-20(18)11-4-2-1-3-5-11)16-9-14(28)10-17(29)21(16)30-24(25)35/h6-11,18-20,31H,1-5H2,(H,30,35). The van der Waals surface area contributed by atoms with Gasteiger partial charge in [-0.1, -0.05) is 65.7 Å². The lowest BCUT2D eigenvalue weighted by Gasteiger charge is -2.33. The average Bonchev–Trinajstić information content (AvgIpc) is 3.39. The van der Waals surface area contributed by atoms with Crippen LogP contribution in [0.5, 0.6) is 0 Å². The van der Waals surface area contributed by atoms with E-state index in [4.69, 9.17) is 46.4 Å². The van der Waals surface area contributed by atoms with Gasteiger partial charge in [0.1, 0.15) is 5.54 Å². The second-order valence-corrected chi connectivity index (χ2v) is 11.5. The molecule has 3 heterocycles. The summed E-state index contributed by atoms with van der Waals surface area (Å²) in [6.07, 6.45) is 5.07. The normalized spacial score (nSPS) is 30.2. The Hall–Kier alpha value is -1.83. The zero-order valence-corrected chi connectivity index (χ0v) is 21.4. The summed E-state index contributed by atoms with van der Waals surface area (Å²) in [5.41, 5.74) is -0.241. The smallest absolute Gasteiger partial charge is 0.250 e. The summed E-state index contributed by atoms with van der Waals surface area (Å²) in [4.78, 5) is 42.9. The number of nitrogens with zero attached hydrogens (tertiary/aromatic N) is 1. The van der Waals surface area contributed by atoms with Crippen LogP contribution in [0.25, 0.3) is 0 Å². The number of fused-ring (bicyclic) bond motifs is 4. The topological polar surface area (TPSA) is 78.5 Å². The maximum atomic E-state index is 14.1. The molecule has 6 rings (SSSR count). The molecule has 3 amide bonds. The van der Waals surface area contributed by atoms with Crippen LogP contribution in [0.15, 0.2) is 30.3 Å². The summed E-state index contributed by atoms with van der Waals surface area (Å²) in [5.74, 6) is -2.76. The van der Waals surface area contributed by atoms with Crippen molar-refractivity contribution in [3.05, 3.63) is 56.0 Å². The molecule has 0 aromatic heterocycles. The highest BCUT2D eigenvalue weighted by Crippen LogP contribution is 2.57. The van der Waals surface area contributed by atoms with Gasteiger partial charge in [-0.2, -0.15) is 0 Å². The number of rotatable bonds is 2. The van der Waals surface area contributed by atoms with E-state index >= 15 is 0 Å². The number of halogens is 4. The van der Waals surface area contributed by atoms with Crippen molar-refractivity contribution in [3.8, 4) is 0 Å². The third-order valence-electron chi connectivity index (χ3n) is 7.94. The van der Waals surface area contributed by atoms with Crippen LogP contribution in [0.2, 0.25) is 20.1 Å². The third-order valence-corrected chi connectivity index (χ3v) is 8.89. The number of hydrogen-bond donors (Lipinski definition) is 2. The van der Waals surface area contributed by atoms with Crippen LogP contribution in [0.3, 0.4) is 0 Å². The summed E-state index contributed by atoms with van der Waals surface area (Å²) < 4.78 is 0. The lowest BCUT2D eigenvalue weighted by Crippen LogP contribution is -2.54. The van der Waals surface area contributed by atoms with E-state index in [1.54, 1.807) is 12.1 Å². The van der Waals surface area contributed by atoms with Gasteiger partial charge in [0, 0.05) is 26.7 Å². The minimum Gasteiger partial charge on any atom is -0.323 e.